The van der Waals surface area contributed by atoms with Gasteiger partial charge in [0.15, 0.2) is 17.3 Å². The zero-order chi connectivity index (χ0) is 28.9. The van der Waals surface area contributed by atoms with E-state index in [1.54, 1.807) is 36.8 Å². The normalized spacial score (nSPS) is 16.5. The molecule has 212 valence electrons. The second-order valence-corrected chi connectivity index (χ2v) is 10.2. The molecule has 1 aliphatic heterocycles. The Hall–Kier alpha value is -4.59. The van der Waals surface area contributed by atoms with Crippen molar-refractivity contribution in [3.8, 4) is 11.5 Å². The Labute approximate surface area is 239 Å². The van der Waals surface area contributed by atoms with Crippen molar-refractivity contribution in [3.63, 3.8) is 0 Å². The Balaban J connectivity index is 1.60. The summed E-state index contributed by atoms with van der Waals surface area (Å²) in [5.41, 5.74) is 3.27. The summed E-state index contributed by atoms with van der Waals surface area (Å²) in [6.07, 6.45) is 5.42. The van der Waals surface area contributed by atoms with Crippen LogP contribution < -0.4 is 9.47 Å². The standard InChI is InChI=1S/C33H35N3O5/c1-4-5-11-20-41-25-16-15-24(21-26(25)40-3)30-28(31(37)29-22(2)34-27-14-9-10-18-35(27)29)32(38)33(39)36(30)19-17-23-12-7-6-8-13-23/h6-10,12-16,18,21,30,37H,4-5,11,17,19-20H2,1-3H3/b31-28+. The number of Topliss-reactive ketones (excluding diaryl/α,β-unsaturated/α-hetero) is 1. The van der Waals surface area contributed by atoms with Crippen LogP contribution in [0.1, 0.15) is 54.7 Å². The molecule has 1 saturated heterocycles. The average molecular weight is 554 g/mol. The molecule has 1 amide bonds. The molecular weight excluding hydrogens is 518 g/mol. The van der Waals surface area contributed by atoms with Crippen LogP contribution in [0.15, 0.2) is 78.5 Å². The van der Waals surface area contributed by atoms with Crippen molar-refractivity contribution in [2.75, 3.05) is 20.3 Å². The van der Waals surface area contributed by atoms with Crippen molar-refractivity contribution >= 4 is 23.1 Å². The number of nitrogens with zero attached hydrogens (tertiary/aromatic N) is 3. The van der Waals surface area contributed by atoms with Gasteiger partial charge in [-0.05, 0) is 55.2 Å². The van der Waals surface area contributed by atoms with E-state index in [1.807, 2.05) is 54.6 Å². The molecule has 8 nitrogen and oxygen atoms in total. The van der Waals surface area contributed by atoms with Crippen LogP contribution in [0.25, 0.3) is 11.4 Å². The van der Waals surface area contributed by atoms with Crippen molar-refractivity contribution in [3.05, 3.63) is 101 Å². The van der Waals surface area contributed by atoms with E-state index in [4.69, 9.17) is 9.47 Å². The van der Waals surface area contributed by atoms with Gasteiger partial charge in [-0.3, -0.25) is 14.0 Å². The van der Waals surface area contributed by atoms with Crippen molar-refractivity contribution < 1.29 is 24.2 Å². The maximum absolute atomic E-state index is 13.6. The van der Waals surface area contributed by atoms with E-state index in [9.17, 15) is 14.7 Å². The smallest absolute Gasteiger partial charge is 0.295 e. The molecule has 4 aromatic rings. The lowest BCUT2D eigenvalue weighted by Gasteiger charge is -2.26. The van der Waals surface area contributed by atoms with Gasteiger partial charge in [0.25, 0.3) is 11.7 Å². The summed E-state index contributed by atoms with van der Waals surface area (Å²) >= 11 is 0. The van der Waals surface area contributed by atoms with Crippen molar-refractivity contribution in [1.82, 2.24) is 14.3 Å². The summed E-state index contributed by atoms with van der Waals surface area (Å²) in [5.74, 6) is -0.557. The van der Waals surface area contributed by atoms with Crippen molar-refractivity contribution in [2.24, 2.45) is 0 Å². The van der Waals surface area contributed by atoms with Gasteiger partial charge in [-0.2, -0.15) is 0 Å². The fraction of sp³-hybridized carbons (Fsp3) is 0.303. The summed E-state index contributed by atoms with van der Waals surface area (Å²) in [7, 11) is 1.56. The van der Waals surface area contributed by atoms with E-state index in [-0.39, 0.29) is 11.3 Å². The number of aliphatic hydroxyl groups excluding tert-OH is 1. The molecule has 2 aromatic carbocycles. The minimum Gasteiger partial charge on any atom is -0.505 e. The summed E-state index contributed by atoms with van der Waals surface area (Å²) in [4.78, 5) is 33.2. The van der Waals surface area contributed by atoms with Crippen LogP contribution in [-0.4, -0.2) is 51.3 Å². The lowest BCUT2D eigenvalue weighted by molar-refractivity contribution is -0.139. The highest BCUT2D eigenvalue weighted by Crippen LogP contribution is 2.42. The van der Waals surface area contributed by atoms with Gasteiger partial charge in [-0.1, -0.05) is 62.2 Å². The van der Waals surface area contributed by atoms with E-state index < -0.39 is 17.7 Å². The Morgan fingerprint density at radius 2 is 1.78 bits per heavy atom. The number of aryl methyl sites for hydroxylation is 1. The number of fused-ring (bicyclic) bond motifs is 1. The number of methoxy groups -OCH3 is 1. The number of carbonyl (C=O) groups is 2. The summed E-state index contributed by atoms with van der Waals surface area (Å²) in [6.45, 7) is 4.76. The second kappa shape index (κ2) is 12.3. The molecule has 2 aromatic heterocycles. The first-order valence-corrected chi connectivity index (χ1v) is 14.0. The number of hydrogen-bond acceptors (Lipinski definition) is 6. The van der Waals surface area contributed by atoms with Crippen molar-refractivity contribution in [1.29, 1.82) is 0 Å². The predicted octanol–water partition coefficient (Wildman–Crippen LogP) is 5.88. The van der Waals surface area contributed by atoms with Crippen LogP contribution >= 0.6 is 0 Å². The molecule has 0 spiro atoms. The molecule has 1 fully saturated rings. The number of amides is 1. The lowest BCUT2D eigenvalue weighted by atomic mass is 9.95. The average Bonchev–Trinajstić information content (AvgIpc) is 3.46. The Morgan fingerprint density at radius 3 is 2.54 bits per heavy atom. The molecule has 5 rings (SSSR count). The number of carbonyl (C=O) groups excluding carboxylic acids is 2. The first-order chi connectivity index (χ1) is 19.9. The van der Waals surface area contributed by atoms with Gasteiger partial charge < -0.3 is 19.5 Å². The number of ether oxygens (including phenoxy) is 2. The number of aromatic nitrogens is 2. The molecule has 0 aliphatic carbocycles. The molecule has 1 atom stereocenters. The fourth-order valence-electron chi connectivity index (χ4n) is 5.39. The van der Waals surface area contributed by atoms with Crippen molar-refractivity contribution in [2.45, 2.75) is 45.6 Å². The lowest BCUT2D eigenvalue weighted by Crippen LogP contribution is -2.31. The monoisotopic (exact) mass is 553 g/mol. The topological polar surface area (TPSA) is 93.4 Å². The van der Waals surface area contributed by atoms with E-state index in [0.717, 1.165) is 24.8 Å². The van der Waals surface area contributed by atoms with Gasteiger partial charge in [-0.15, -0.1) is 0 Å². The molecule has 8 heteroatoms. The summed E-state index contributed by atoms with van der Waals surface area (Å²) in [6, 6.07) is 19.9. The van der Waals surface area contributed by atoms with Gasteiger partial charge in [-0.25, -0.2) is 4.98 Å². The molecule has 1 N–H and O–H groups in total. The molecule has 0 radical (unpaired) electrons. The molecule has 1 unspecified atom stereocenters. The maximum atomic E-state index is 13.6. The molecule has 41 heavy (non-hydrogen) atoms. The van der Waals surface area contributed by atoms with E-state index in [2.05, 4.69) is 11.9 Å². The van der Waals surface area contributed by atoms with E-state index in [0.29, 0.717) is 53.7 Å². The number of benzene rings is 2. The zero-order valence-electron chi connectivity index (χ0n) is 23.7. The number of ketones is 1. The van der Waals surface area contributed by atoms with Crippen LogP contribution in [0.3, 0.4) is 0 Å². The third kappa shape index (κ3) is 5.55. The first-order valence-electron chi connectivity index (χ1n) is 14.0. The summed E-state index contributed by atoms with van der Waals surface area (Å²) in [5, 5.41) is 11.7. The molecule has 3 heterocycles. The highest BCUT2D eigenvalue weighted by Gasteiger charge is 2.46. The SMILES string of the molecule is CCCCCOc1ccc(C2/C(=C(\O)c3c(C)nc4ccccn34)C(=O)C(=O)N2CCc2ccccc2)cc1OC. The first kappa shape index (κ1) is 28.0. The largest absolute Gasteiger partial charge is 0.505 e. The van der Waals surface area contributed by atoms with Gasteiger partial charge in [0.05, 0.1) is 31.0 Å². The second-order valence-electron chi connectivity index (χ2n) is 10.2. The van der Waals surface area contributed by atoms with Gasteiger partial charge >= 0.3 is 0 Å². The maximum Gasteiger partial charge on any atom is 0.295 e. The Morgan fingerprint density at radius 1 is 1.00 bits per heavy atom. The molecule has 0 bridgehead atoms. The third-order valence-electron chi connectivity index (χ3n) is 7.46. The number of aliphatic hydroxyl groups is 1. The number of pyridine rings is 1. The minimum absolute atomic E-state index is 0.0236. The molecule has 0 saturated carbocycles. The quantitative estimate of drug-likeness (QED) is 0.108. The number of unbranched alkanes of at least 4 members (excludes halogenated alkanes) is 2. The van der Waals surface area contributed by atoms with Gasteiger partial charge in [0.2, 0.25) is 0 Å². The van der Waals surface area contributed by atoms with Gasteiger partial charge in [0.1, 0.15) is 11.3 Å². The van der Waals surface area contributed by atoms with Gasteiger partial charge in [0, 0.05) is 12.7 Å². The molecule has 1 aliphatic rings. The van der Waals surface area contributed by atoms with E-state index >= 15 is 0 Å². The molecular formula is C33H35N3O5. The van der Waals surface area contributed by atoms with E-state index in [1.165, 1.54) is 4.90 Å². The number of imidazole rings is 1. The summed E-state index contributed by atoms with van der Waals surface area (Å²) < 4.78 is 13.4. The third-order valence-corrected chi connectivity index (χ3v) is 7.46. The number of rotatable bonds is 11. The van der Waals surface area contributed by atoms with Crippen LogP contribution in [-0.2, 0) is 16.0 Å². The highest BCUT2D eigenvalue weighted by atomic mass is 16.5. The Kier molecular flexibility index (Phi) is 8.38. The number of hydrogen-bond donors (Lipinski definition) is 1. The Bertz CT molecular complexity index is 1590. The predicted molar refractivity (Wildman–Crippen MR) is 157 cm³/mol. The van der Waals surface area contributed by atoms with Crippen LogP contribution in [0, 0.1) is 6.92 Å². The van der Waals surface area contributed by atoms with Crippen LogP contribution in [0.2, 0.25) is 0 Å². The number of likely N-dealkylation sites (tertiary alicyclic amines) is 1. The fourth-order valence-corrected chi connectivity index (χ4v) is 5.39. The van der Waals surface area contributed by atoms with Crippen LogP contribution in [0.4, 0.5) is 0 Å². The zero-order valence-corrected chi connectivity index (χ0v) is 23.7. The highest BCUT2D eigenvalue weighted by molar-refractivity contribution is 6.46. The minimum atomic E-state index is -0.824. The van der Waals surface area contributed by atoms with Crippen LogP contribution in [0.5, 0.6) is 11.5 Å².